The Balaban J connectivity index is 1.17. The van der Waals surface area contributed by atoms with E-state index >= 15 is 0 Å². The Kier molecular flexibility index (Phi) is 12.7. The summed E-state index contributed by atoms with van der Waals surface area (Å²) in [6.45, 7) is 6.08. The summed E-state index contributed by atoms with van der Waals surface area (Å²) in [5.41, 5.74) is 4.54. The number of nitrogens with zero attached hydrogens (tertiary/aromatic N) is 2. The quantitative estimate of drug-likeness (QED) is 0.144. The Morgan fingerprint density at radius 1 is 0.833 bits per heavy atom. The third-order valence-electron chi connectivity index (χ3n) is 7.40. The summed E-state index contributed by atoms with van der Waals surface area (Å²) in [5.74, 6) is -1.17. The molecule has 0 bridgehead atoms. The smallest absolute Gasteiger partial charge is 0.410 e. The first kappa shape index (κ1) is 36.5. The molecule has 0 spiro atoms. The van der Waals surface area contributed by atoms with Gasteiger partial charge in [-0.2, -0.15) is 0 Å². The van der Waals surface area contributed by atoms with Crippen LogP contribution in [0.2, 0.25) is 0 Å². The van der Waals surface area contributed by atoms with Crippen LogP contribution in [-0.4, -0.2) is 90.3 Å². The van der Waals surface area contributed by atoms with Gasteiger partial charge in [-0.15, -0.1) is 0 Å². The summed E-state index contributed by atoms with van der Waals surface area (Å²) in [6, 6.07) is 22.2. The van der Waals surface area contributed by atoms with Gasteiger partial charge in [0, 0.05) is 43.8 Å². The number of likely N-dealkylation sites (N-methyl/N-ethyl adjacent to an activating group) is 2. The van der Waals surface area contributed by atoms with Gasteiger partial charge >= 0.3 is 24.2 Å². The van der Waals surface area contributed by atoms with E-state index in [1.807, 2.05) is 72.8 Å². The molecule has 3 aromatic rings. The third-order valence-corrected chi connectivity index (χ3v) is 9.79. The van der Waals surface area contributed by atoms with Crippen LogP contribution in [0.4, 0.5) is 14.4 Å². The molecule has 4 rings (SSSR count). The number of carboxylic acid groups (broad SMARTS) is 1. The number of fused-ring (bicyclic) bond motifs is 3. The van der Waals surface area contributed by atoms with Crippen molar-refractivity contribution >= 4 is 45.8 Å². The van der Waals surface area contributed by atoms with E-state index in [4.69, 9.17) is 14.2 Å². The molecule has 48 heavy (non-hydrogen) atoms. The topological polar surface area (TPSA) is 135 Å². The lowest BCUT2D eigenvalue weighted by Crippen LogP contribution is -2.43. The minimum absolute atomic E-state index is 0.0638. The number of carbonyl (C=O) groups excluding carboxylic acids is 3. The van der Waals surface area contributed by atoms with Crippen molar-refractivity contribution in [3.05, 3.63) is 89.5 Å². The van der Waals surface area contributed by atoms with Gasteiger partial charge in [0.05, 0.1) is 0 Å². The fraction of sp³-hybridized carbons (Fsp3) is 0.371. The number of amides is 3. The summed E-state index contributed by atoms with van der Waals surface area (Å²) < 4.78 is 16.2. The maximum Gasteiger partial charge on any atom is 0.410 e. The van der Waals surface area contributed by atoms with Gasteiger partial charge in [-0.25, -0.2) is 19.2 Å². The molecule has 1 aliphatic rings. The number of alkyl carbamates (subject to hydrolysis) is 1. The van der Waals surface area contributed by atoms with Gasteiger partial charge in [-0.05, 0) is 60.7 Å². The Bertz CT molecular complexity index is 1550. The number of hydrogen-bond acceptors (Lipinski definition) is 9. The maximum absolute atomic E-state index is 12.6. The summed E-state index contributed by atoms with van der Waals surface area (Å²) >= 11 is 0. The molecular formula is C35H41N3O8S2. The highest BCUT2D eigenvalue weighted by Gasteiger charge is 2.30. The van der Waals surface area contributed by atoms with Crippen molar-refractivity contribution in [3.63, 3.8) is 0 Å². The number of carbonyl (C=O) groups is 4. The Morgan fingerprint density at radius 2 is 1.40 bits per heavy atom. The van der Waals surface area contributed by atoms with E-state index in [1.54, 1.807) is 34.9 Å². The summed E-state index contributed by atoms with van der Waals surface area (Å²) in [4.78, 5) is 52.7. The van der Waals surface area contributed by atoms with E-state index in [2.05, 4.69) is 5.32 Å². The molecule has 2 N–H and O–H groups in total. The molecule has 3 aromatic carbocycles. The van der Waals surface area contributed by atoms with Crippen LogP contribution in [0.1, 0.15) is 43.4 Å². The molecule has 0 aromatic heterocycles. The standard InChI is InChI=1S/C35H41N3O8S2/c1-35(2,3)46-34(43)38(5)19-18-37(4)33(42)45-20-23-14-16-24(17-15-23)48-47-22-30(31(39)40)36-32(41)44-21-29-27-12-8-6-10-25(27)26-11-7-9-13-28(26)29/h6-17,29-30H,18-22H2,1-5H3,(H,36,41)(H,39,40)/t30-/m0/s1. The Hall–Kier alpha value is -4.36. The molecule has 11 nitrogen and oxygen atoms in total. The molecule has 0 saturated heterocycles. The lowest BCUT2D eigenvalue weighted by atomic mass is 9.98. The first-order valence-electron chi connectivity index (χ1n) is 15.4. The zero-order valence-corrected chi connectivity index (χ0v) is 29.3. The molecule has 0 fully saturated rings. The largest absolute Gasteiger partial charge is 0.480 e. The highest BCUT2D eigenvalue weighted by Crippen LogP contribution is 2.44. The Morgan fingerprint density at radius 3 is 1.96 bits per heavy atom. The molecular weight excluding hydrogens is 655 g/mol. The molecule has 0 radical (unpaired) electrons. The van der Waals surface area contributed by atoms with E-state index in [0.717, 1.165) is 32.7 Å². The van der Waals surface area contributed by atoms with Gasteiger partial charge in [0.15, 0.2) is 0 Å². The second-order valence-electron chi connectivity index (χ2n) is 12.3. The molecule has 0 aliphatic heterocycles. The van der Waals surface area contributed by atoms with Crippen LogP contribution in [-0.2, 0) is 25.6 Å². The van der Waals surface area contributed by atoms with E-state index in [9.17, 15) is 24.3 Å². The minimum Gasteiger partial charge on any atom is -0.480 e. The summed E-state index contributed by atoms with van der Waals surface area (Å²) in [7, 11) is 5.85. The van der Waals surface area contributed by atoms with Crippen molar-refractivity contribution < 1.29 is 38.5 Å². The van der Waals surface area contributed by atoms with Crippen LogP contribution in [0.25, 0.3) is 11.1 Å². The van der Waals surface area contributed by atoms with Crippen LogP contribution in [0.5, 0.6) is 0 Å². The number of nitrogens with one attached hydrogen (secondary N) is 1. The average molecular weight is 696 g/mol. The lowest BCUT2D eigenvalue weighted by molar-refractivity contribution is -0.138. The molecule has 0 heterocycles. The number of benzene rings is 3. The van der Waals surface area contributed by atoms with E-state index in [-0.39, 0.29) is 38.0 Å². The number of hydrogen-bond donors (Lipinski definition) is 2. The first-order chi connectivity index (χ1) is 22.8. The summed E-state index contributed by atoms with van der Waals surface area (Å²) in [5, 5.41) is 12.2. The normalized spacial score (nSPS) is 12.7. The van der Waals surface area contributed by atoms with E-state index in [0.29, 0.717) is 0 Å². The molecule has 0 saturated carbocycles. The second kappa shape index (κ2) is 16.6. The fourth-order valence-electron chi connectivity index (χ4n) is 4.85. The monoisotopic (exact) mass is 695 g/mol. The molecule has 0 unspecified atom stereocenters. The highest BCUT2D eigenvalue weighted by molar-refractivity contribution is 8.76. The first-order valence-corrected chi connectivity index (χ1v) is 17.7. The summed E-state index contributed by atoms with van der Waals surface area (Å²) in [6.07, 6.45) is -1.77. The van der Waals surface area contributed by atoms with Crippen LogP contribution >= 0.6 is 21.6 Å². The van der Waals surface area contributed by atoms with Crippen LogP contribution in [0.3, 0.4) is 0 Å². The number of carboxylic acids is 1. The SMILES string of the molecule is CN(CCN(C)C(=O)OC(C)(C)C)C(=O)OCc1ccc(SSC[C@H](NC(=O)OCC2c3ccccc3-c3ccccc32)C(=O)O)cc1. The second-order valence-corrected chi connectivity index (χ2v) is 14.7. The lowest BCUT2D eigenvalue weighted by Gasteiger charge is -2.26. The molecule has 13 heteroatoms. The van der Waals surface area contributed by atoms with E-state index in [1.165, 1.54) is 31.4 Å². The van der Waals surface area contributed by atoms with Crippen LogP contribution in [0.15, 0.2) is 77.7 Å². The fourth-order valence-corrected chi connectivity index (χ4v) is 7.01. The maximum atomic E-state index is 12.6. The zero-order chi connectivity index (χ0) is 34.8. The average Bonchev–Trinajstić information content (AvgIpc) is 3.37. The molecule has 1 atom stereocenters. The van der Waals surface area contributed by atoms with Crippen molar-refractivity contribution in [3.8, 4) is 11.1 Å². The van der Waals surface area contributed by atoms with Gasteiger partial charge in [-0.1, -0.05) is 82.3 Å². The van der Waals surface area contributed by atoms with Crippen molar-refractivity contribution in [2.24, 2.45) is 0 Å². The molecule has 256 valence electrons. The Labute approximate surface area is 288 Å². The van der Waals surface area contributed by atoms with Crippen LogP contribution < -0.4 is 5.32 Å². The van der Waals surface area contributed by atoms with Gasteiger partial charge in [0.1, 0.15) is 24.9 Å². The van der Waals surface area contributed by atoms with Crippen molar-refractivity contribution in [2.75, 3.05) is 39.5 Å². The number of rotatable bonds is 13. The van der Waals surface area contributed by atoms with Gasteiger partial charge in [-0.3, -0.25) is 0 Å². The van der Waals surface area contributed by atoms with Gasteiger partial charge in [0.2, 0.25) is 0 Å². The van der Waals surface area contributed by atoms with Crippen LogP contribution in [0, 0.1) is 0 Å². The van der Waals surface area contributed by atoms with Crippen molar-refractivity contribution in [1.29, 1.82) is 0 Å². The van der Waals surface area contributed by atoms with Gasteiger partial charge in [0.25, 0.3) is 0 Å². The number of ether oxygens (including phenoxy) is 3. The molecule has 1 aliphatic carbocycles. The van der Waals surface area contributed by atoms with E-state index < -0.39 is 35.9 Å². The number of aliphatic carboxylic acids is 1. The van der Waals surface area contributed by atoms with Gasteiger partial charge < -0.3 is 34.4 Å². The highest BCUT2D eigenvalue weighted by atomic mass is 33.1. The van der Waals surface area contributed by atoms with Crippen molar-refractivity contribution in [2.45, 2.75) is 49.8 Å². The van der Waals surface area contributed by atoms with Crippen molar-refractivity contribution in [1.82, 2.24) is 15.1 Å². The minimum atomic E-state index is -1.16. The predicted octanol–water partition coefficient (Wildman–Crippen LogP) is 6.85. The third kappa shape index (κ3) is 10.3. The zero-order valence-electron chi connectivity index (χ0n) is 27.6. The predicted molar refractivity (Wildman–Crippen MR) is 186 cm³/mol. The molecule has 3 amide bonds.